The highest BCUT2D eigenvalue weighted by molar-refractivity contribution is 7.14. The fourth-order valence-electron chi connectivity index (χ4n) is 2.30. The second-order valence-electron chi connectivity index (χ2n) is 5.82. The maximum atomic E-state index is 12.1. The Labute approximate surface area is 161 Å². The molecule has 6 nitrogen and oxygen atoms in total. The van der Waals surface area contributed by atoms with Gasteiger partial charge in [-0.15, -0.1) is 11.3 Å². The molecule has 0 aliphatic heterocycles. The summed E-state index contributed by atoms with van der Waals surface area (Å²) in [6.07, 6.45) is 0. The summed E-state index contributed by atoms with van der Waals surface area (Å²) < 4.78 is 5.71. The monoisotopic (exact) mass is 381 g/mol. The molecule has 0 spiro atoms. The van der Waals surface area contributed by atoms with E-state index in [1.165, 1.54) is 18.3 Å². The molecule has 1 aromatic heterocycles. The average Bonchev–Trinajstić information content (AvgIpc) is 3.14. The SMILES string of the molecule is CC(=O)Nc1nc(C(=O)NCc2ccc(COc3ccccc3)cc2)cs1. The summed E-state index contributed by atoms with van der Waals surface area (Å²) in [7, 11) is 0. The number of para-hydroxylation sites is 1. The van der Waals surface area contributed by atoms with E-state index in [0.717, 1.165) is 16.9 Å². The zero-order valence-corrected chi connectivity index (χ0v) is 15.6. The number of ether oxygens (including phenoxy) is 1. The molecule has 0 bridgehead atoms. The van der Waals surface area contributed by atoms with Crippen LogP contribution in [0.5, 0.6) is 5.75 Å². The van der Waals surface area contributed by atoms with Crippen molar-refractivity contribution >= 4 is 28.3 Å². The molecular weight excluding hydrogens is 362 g/mol. The third kappa shape index (κ3) is 5.65. The van der Waals surface area contributed by atoms with Gasteiger partial charge in [-0.2, -0.15) is 0 Å². The number of hydrogen-bond donors (Lipinski definition) is 2. The molecule has 0 unspecified atom stereocenters. The number of thiazole rings is 1. The topological polar surface area (TPSA) is 80.3 Å². The predicted molar refractivity (Wildman–Crippen MR) is 105 cm³/mol. The number of nitrogens with one attached hydrogen (secondary N) is 2. The predicted octanol–water partition coefficient (Wildman–Crippen LogP) is 3.61. The minimum atomic E-state index is -0.278. The second kappa shape index (κ2) is 8.95. The van der Waals surface area contributed by atoms with Crippen LogP contribution in [0.15, 0.2) is 60.0 Å². The van der Waals surface area contributed by atoms with Gasteiger partial charge in [0.25, 0.3) is 5.91 Å². The summed E-state index contributed by atoms with van der Waals surface area (Å²) >= 11 is 1.22. The molecule has 3 aromatic rings. The second-order valence-corrected chi connectivity index (χ2v) is 6.68. The van der Waals surface area contributed by atoms with E-state index >= 15 is 0 Å². The van der Waals surface area contributed by atoms with Gasteiger partial charge in [-0.05, 0) is 23.3 Å². The zero-order chi connectivity index (χ0) is 19.1. The van der Waals surface area contributed by atoms with Gasteiger partial charge in [0.05, 0.1) is 0 Å². The van der Waals surface area contributed by atoms with Crippen molar-refractivity contribution in [3.63, 3.8) is 0 Å². The smallest absolute Gasteiger partial charge is 0.271 e. The maximum Gasteiger partial charge on any atom is 0.271 e. The van der Waals surface area contributed by atoms with E-state index in [1.54, 1.807) is 5.38 Å². The maximum absolute atomic E-state index is 12.1. The van der Waals surface area contributed by atoms with E-state index in [0.29, 0.717) is 18.3 Å². The van der Waals surface area contributed by atoms with Crippen molar-refractivity contribution in [2.45, 2.75) is 20.1 Å². The fourth-order valence-corrected chi connectivity index (χ4v) is 3.03. The first-order valence-corrected chi connectivity index (χ1v) is 9.25. The Kier molecular flexibility index (Phi) is 6.17. The van der Waals surface area contributed by atoms with Crippen molar-refractivity contribution in [3.8, 4) is 5.75 Å². The van der Waals surface area contributed by atoms with Gasteiger partial charge in [0.1, 0.15) is 18.1 Å². The summed E-state index contributed by atoms with van der Waals surface area (Å²) in [5.74, 6) is 0.336. The molecule has 1 heterocycles. The number of anilines is 1. The van der Waals surface area contributed by atoms with Crippen LogP contribution < -0.4 is 15.4 Å². The van der Waals surface area contributed by atoms with Crippen LogP contribution in [-0.2, 0) is 17.9 Å². The van der Waals surface area contributed by atoms with Crippen LogP contribution in [0, 0.1) is 0 Å². The van der Waals surface area contributed by atoms with Crippen molar-refractivity contribution < 1.29 is 14.3 Å². The van der Waals surface area contributed by atoms with Crippen LogP contribution in [0.1, 0.15) is 28.5 Å². The molecule has 0 fully saturated rings. The van der Waals surface area contributed by atoms with E-state index in [9.17, 15) is 9.59 Å². The molecule has 0 aliphatic rings. The molecule has 2 aromatic carbocycles. The van der Waals surface area contributed by atoms with Gasteiger partial charge >= 0.3 is 0 Å². The van der Waals surface area contributed by atoms with Crippen LogP contribution in [0.25, 0.3) is 0 Å². The fraction of sp³-hybridized carbons (Fsp3) is 0.150. The number of carbonyl (C=O) groups excluding carboxylic acids is 2. The number of nitrogens with zero attached hydrogens (tertiary/aromatic N) is 1. The lowest BCUT2D eigenvalue weighted by Gasteiger charge is -2.08. The summed E-state index contributed by atoms with van der Waals surface area (Å²) in [5, 5.41) is 7.41. The first-order chi connectivity index (χ1) is 13.1. The number of aromatic nitrogens is 1. The molecular formula is C20H19N3O3S. The summed E-state index contributed by atoms with van der Waals surface area (Å²) in [4.78, 5) is 27.2. The lowest BCUT2D eigenvalue weighted by Crippen LogP contribution is -2.23. The van der Waals surface area contributed by atoms with E-state index in [-0.39, 0.29) is 17.5 Å². The average molecular weight is 381 g/mol. The van der Waals surface area contributed by atoms with Crippen LogP contribution in [0.2, 0.25) is 0 Å². The van der Waals surface area contributed by atoms with Gasteiger partial charge < -0.3 is 15.4 Å². The third-order valence-electron chi connectivity index (χ3n) is 3.64. The van der Waals surface area contributed by atoms with Gasteiger partial charge in [0, 0.05) is 18.8 Å². The summed E-state index contributed by atoms with van der Waals surface area (Å²) in [5.41, 5.74) is 2.31. The van der Waals surface area contributed by atoms with Crippen molar-refractivity contribution in [3.05, 3.63) is 76.8 Å². The number of benzene rings is 2. The molecule has 27 heavy (non-hydrogen) atoms. The molecule has 0 saturated carbocycles. The lowest BCUT2D eigenvalue weighted by molar-refractivity contribution is -0.114. The Morgan fingerprint density at radius 2 is 1.74 bits per heavy atom. The normalized spacial score (nSPS) is 10.3. The number of carbonyl (C=O) groups is 2. The minimum absolute atomic E-state index is 0.215. The molecule has 3 rings (SSSR count). The van der Waals surface area contributed by atoms with Gasteiger partial charge in [-0.25, -0.2) is 4.98 Å². The highest BCUT2D eigenvalue weighted by Crippen LogP contribution is 2.15. The van der Waals surface area contributed by atoms with Crippen LogP contribution in [0.4, 0.5) is 5.13 Å². The van der Waals surface area contributed by atoms with Crippen molar-refractivity contribution in [2.24, 2.45) is 0 Å². The Morgan fingerprint density at radius 1 is 1.04 bits per heavy atom. The third-order valence-corrected chi connectivity index (χ3v) is 4.40. The van der Waals surface area contributed by atoms with Crippen molar-refractivity contribution in [2.75, 3.05) is 5.32 Å². The minimum Gasteiger partial charge on any atom is -0.489 e. The molecule has 0 atom stereocenters. The van der Waals surface area contributed by atoms with Crippen LogP contribution in [0.3, 0.4) is 0 Å². The standard InChI is InChI=1S/C20H19N3O3S/c1-14(24)22-20-23-18(13-27-20)19(25)21-11-15-7-9-16(10-8-15)12-26-17-5-3-2-4-6-17/h2-10,13H,11-12H2,1H3,(H,21,25)(H,22,23,24). The van der Waals surface area contributed by atoms with E-state index in [4.69, 9.17) is 4.74 Å². The Bertz CT molecular complexity index is 908. The van der Waals surface area contributed by atoms with Crippen molar-refractivity contribution in [1.29, 1.82) is 0 Å². The first kappa shape index (κ1) is 18.6. The van der Waals surface area contributed by atoms with Gasteiger partial charge in [0.2, 0.25) is 5.91 Å². The van der Waals surface area contributed by atoms with Crippen LogP contribution >= 0.6 is 11.3 Å². The Hall–Kier alpha value is -3.19. The summed E-state index contributed by atoms with van der Waals surface area (Å²) in [6, 6.07) is 17.5. The quantitative estimate of drug-likeness (QED) is 0.655. The van der Waals surface area contributed by atoms with E-state index in [1.807, 2.05) is 54.6 Å². The molecule has 2 N–H and O–H groups in total. The molecule has 7 heteroatoms. The molecule has 0 saturated heterocycles. The first-order valence-electron chi connectivity index (χ1n) is 8.37. The largest absolute Gasteiger partial charge is 0.489 e. The molecule has 0 radical (unpaired) electrons. The molecule has 138 valence electrons. The molecule has 2 amide bonds. The van der Waals surface area contributed by atoms with Gasteiger partial charge in [-0.1, -0.05) is 42.5 Å². The zero-order valence-electron chi connectivity index (χ0n) is 14.8. The van der Waals surface area contributed by atoms with Gasteiger partial charge in [0.15, 0.2) is 5.13 Å². The Balaban J connectivity index is 1.48. The van der Waals surface area contributed by atoms with Crippen LogP contribution in [-0.4, -0.2) is 16.8 Å². The highest BCUT2D eigenvalue weighted by Gasteiger charge is 2.11. The summed E-state index contributed by atoms with van der Waals surface area (Å²) in [6.45, 7) is 2.28. The number of amides is 2. The van der Waals surface area contributed by atoms with Crippen molar-refractivity contribution in [1.82, 2.24) is 10.3 Å². The van der Waals surface area contributed by atoms with E-state index < -0.39 is 0 Å². The Morgan fingerprint density at radius 3 is 2.44 bits per heavy atom. The molecule has 0 aliphatic carbocycles. The number of rotatable bonds is 7. The van der Waals surface area contributed by atoms with E-state index in [2.05, 4.69) is 15.6 Å². The highest BCUT2D eigenvalue weighted by atomic mass is 32.1. The van der Waals surface area contributed by atoms with Gasteiger partial charge in [-0.3, -0.25) is 9.59 Å². The lowest BCUT2D eigenvalue weighted by atomic mass is 10.1. The number of hydrogen-bond acceptors (Lipinski definition) is 5.